The fourth-order valence-electron chi connectivity index (χ4n) is 6.75. The Hall–Kier alpha value is -2.69. The van der Waals surface area contributed by atoms with Gasteiger partial charge in [0, 0.05) is 42.7 Å². The van der Waals surface area contributed by atoms with Crippen LogP contribution in [0.15, 0.2) is 97.1 Å². The molecular formula is C39H40Cl4N2O5. The molecule has 4 aromatic rings. The molecule has 0 aromatic heterocycles. The fourth-order valence-corrected chi connectivity index (χ4v) is 7.07. The minimum Gasteiger partial charge on any atom is -0.392 e. The van der Waals surface area contributed by atoms with Gasteiger partial charge in [-0.25, -0.2) is 0 Å². The zero-order valence-electron chi connectivity index (χ0n) is 27.6. The van der Waals surface area contributed by atoms with E-state index in [9.17, 15) is 15.0 Å². The van der Waals surface area contributed by atoms with Gasteiger partial charge in [-0.05, 0) is 70.5 Å². The number of piperidine rings is 1. The van der Waals surface area contributed by atoms with E-state index >= 15 is 0 Å². The molecule has 3 N–H and O–H groups in total. The molecule has 50 heavy (non-hydrogen) atoms. The van der Waals surface area contributed by atoms with Crippen molar-refractivity contribution in [3.05, 3.63) is 130 Å². The molecule has 0 bridgehead atoms. The number of benzene rings is 4. The summed E-state index contributed by atoms with van der Waals surface area (Å²) in [5.41, 5.74) is 5.49. The molecule has 2 saturated heterocycles. The summed E-state index contributed by atoms with van der Waals surface area (Å²) >= 11 is 23.2. The van der Waals surface area contributed by atoms with E-state index in [1.807, 2.05) is 91.0 Å². The first kappa shape index (κ1) is 37.1. The highest BCUT2D eigenvalue weighted by molar-refractivity contribution is 6.76. The van der Waals surface area contributed by atoms with Gasteiger partial charge in [0.15, 0.2) is 6.29 Å². The minimum absolute atomic E-state index is 0.0195. The average Bonchev–Trinajstić information content (AvgIpc) is 3.12. The molecule has 0 spiro atoms. The second-order valence-electron chi connectivity index (χ2n) is 13.2. The highest BCUT2D eigenvalue weighted by Gasteiger charge is 2.41. The first-order chi connectivity index (χ1) is 23.9. The molecule has 2 aliphatic heterocycles. The van der Waals surface area contributed by atoms with Crippen molar-refractivity contribution in [2.45, 2.75) is 60.8 Å². The monoisotopic (exact) mass is 756 g/mol. The number of ether oxygens (including phenoxy) is 2. The number of halogens is 4. The summed E-state index contributed by atoms with van der Waals surface area (Å²) in [6.07, 6.45) is 0.164. The molecule has 0 aliphatic carbocycles. The Balaban J connectivity index is 1.21. The van der Waals surface area contributed by atoms with Crippen molar-refractivity contribution in [3.63, 3.8) is 0 Å². The molecule has 11 heteroatoms. The van der Waals surface area contributed by atoms with Gasteiger partial charge in [-0.3, -0.25) is 4.79 Å². The summed E-state index contributed by atoms with van der Waals surface area (Å²) in [5.74, 6) is -0.668. The van der Waals surface area contributed by atoms with Crippen LogP contribution in [-0.2, 0) is 33.0 Å². The third-order valence-corrected chi connectivity index (χ3v) is 10.5. The van der Waals surface area contributed by atoms with Crippen molar-refractivity contribution < 1.29 is 24.5 Å². The largest absolute Gasteiger partial charge is 0.392 e. The molecule has 0 saturated carbocycles. The lowest BCUT2D eigenvalue weighted by atomic mass is 9.84. The van der Waals surface area contributed by atoms with Crippen molar-refractivity contribution in [2.24, 2.45) is 5.92 Å². The number of hydrogen-bond acceptors (Lipinski definition) is 6. The van der Waals surface area contributed by atoms with Crippen molar-refractivity contribution in [1.82, 2.24) is 10.2 Å². The topological polar surface area (TPSA) is 91.3 Å². The summed E-state index contributed by atoms with van der Waals surface area (Å²) < 4.78 is 11.5. The van der Waals surface area contributed by atoms with Crippen LogP contribution in [0.1, 0.15) is 60.0 Å². The normalized spacial score (nSPS) is 22.6. The van der Waals surface area contributed by atoms with Crippen LogP contribution >= 0.6 is 46.4 Å². The molecule has 2 aliphatic rings. The van der Waals surface area contributed by atoms with Gasteiger partial charge in [0.1, 0.15) is 0 Å². The van der Waals surface area contributed by atoms with E-state index in [1.165, 1.54) is 0 Å². The maximum Gasteiger partial charge on any atom is 0.272 e. The van der Waals surface area contributed by atoms with Crippen molar-refractivity contribution >= 4 is 52.3 Å². The highest BCUT2D eigenvalue weighted by Crippen LogP contribution is 2.43. The lowest BCUT2D eigenvalue weighted by molar-refractivity contribution is -0.277. The van der Waals surface area contributed by atoms with E-state index in [0.717, 1.165) is 52.0 Å². The van der Waals surface area contributed by atoms with Crippen LogP contribution in [0, 0.1) is 5.92 Å². The lowest BCUT2D eigenvalue weighted by Crippen LogP contribution is -2.49. The number of aliphatic hydroxyl groups excluding tert-OH is 1. The van der Waals surface area contributed by atoms with Gasteiger partial charge in [0.25, 0.3) is 9.70 Å². The zero-order valence-corrected chi connectivity index (χ0v) is 30.6. The van der Waals surface area contributed by atoms with Gasteiger partial charge in [-0.1, -0.05) is 126 Å². The minimum atomic E-state index is -2.03. The number of rotatable bonds is 9. The predicted octanol–water partition coefficient (Wildman–Crippen LogP) is 8.26. The number of aliphatic hydroxyl groups is 2. The number of nitrogens with zero attached hydrogens (tertiary/aromatic N) is 1. The van der Waals surface area contributed by atoms with Gasteiger partial charge >= 0.3 is 0 Å². The van der Waals surface area contributed by atoms with E-state index in [4.69, 9.17) is 55.9 Å². The second-order valence-corrected chi connectivity index (χ2v) is 15.9. The molecule has 0 unspecified atom stereocenters. The number of likely N-dealkylation sites (tertiary alicyclic amines) is 1. The summed E-state index contributed by atoms with van der Waals surface area (Å²) in [7, 11) is 0. The Morgan fingerprint density at radius 3 is 2.20 bits per heavy atom. The van der Waals surface area contributed by atoms with Gasteiger partial charge in [0.2, 0.25) is 0 Å². The Morgan fingerprint density at radius 1 is 0.880 bits per heavy atom. The third kappa shape index (κ3) is 8.84. The number of nitrogens with one attached hydrogen (secondary N) is 1. The summed E-state index contributed by atoms with van der Waals surface area (Å²) in [4.78, 5) is 14.4. The standard InChI is InChI=1S/C39H40Cl4N2O5/c1-25-34(23-45-18-16-38(48,17-19-45)32-12-14-33(40)15-13-32)49-36(50-35(25)28-10-8-26(24-46)9-11-28)31-7-3-6-30(21-31)29-5-2-4-27(20-29)22-44-37(47)39(41,42)43/h2-15,20-21,25,34-36,46,48H,16-19,22-24H2,1H3,(H,44,47)/t25-,34+,35+,36+/m1/s1. The zero-order chi connectivity index (χ0) is 35.5. The Bertz CT molecular complexity index is 1760. The number of carbonyl (C=O) groups is 1. The Kier molecular flexibility index (Phi) is 11.8. The number of hydrogen-bond donors (Lipinski definition) is 3. The molecule has 7 nitrogen and oxygen atoms in total. The van der Waals surface area contributed by atoms with Gasteiger partial charge < -0.3 is 29.9 Å². The van der Waals surface area contributed by atoms with Crippen molar-refractivity contribution in [2.75, 3.05) is 19.6 Å². The number of alkyl halides is 3. The van der Waals surface area contributed by atoms with Crippen molar-refractivity contribution in [1.29, 1.82) is 0 Å². The number of amides is 1. The molecule has 4 atom stereocenters. The summed E-state index contributed by atoms with van der Waals surface area (Å²) in [5, 5.41) is 24.4. The maximum absolute atomic E-state index is 12.1. The molecule has 0 radical (unpaired) electrons. The fraction of sp³-hybridized carbons (Fsp3) is 0.359. The molecule has 4 aromatic carbocycles. The first-order valence-corrected chi connectivity index (χ1v) is 18.2. The smallest absolute Gasteiger partial charge is 0.272 e. The van der Waals surface area contributed by atoms with Gasteiger partial charge in [-0.15, -0.1) is 0 Å². The molecule has 6 rings (SSSR count). The maximum atomic E-state index is 12.1. The van der Waals surface area contributed by atoms with Crippen LogP contribution < -0.4 is 5.32 Å². The van der Waals surface area contributed by atoms with E-state index in [2.05, 4.69) is 23.2 Å². The summed E-state index contributed by atoms with van der Waals surface area (Å²) in [6.45, 7) is 4.47. The van der Waals surface area contributed by atoms with Crippen LogP contribution in [-0.4, -0.2) is 50.6 Å². The third-order valence-electron chi connectivity index (χ3n) is 9.76. The van der Waals surface area contributed by atoms with Crippen LogP contribution in [0.2, 0.25) is 5.02 Å². The SMILES string of the molecule is C[C@@H]1[C@H](CN2CCC(O)(c3ccc(Cl)cc3)CC2)O[C@H](c2cccc(-c3cccc(CNC(=O)C(Cl)(Cl)Cl)c3)c2)O[C@@H]1c1ccc(CO)cc1. The molecule has 2 heterocycles. The van der Waals surface area contributed by atoms with Crippen LogP contribution in [0.3, 0.4) is 0 Å². The van der Waals surface area contributed by atoms with Crippen LogP contribution in [0.4, 0.5) is 0 Å². The van der Waals surface area contributed by atoms with Crippen LogP contribution in [0.25, 0.3) is 11.1 Å². The van der Waals surface area contributed by atoms with Crippen molar-refractivity contribution in [3.8, 4) is 11.1 Å². The molecule has 264 valence electrons. The highest BCUT2D eigenvalue weighted by atomic mass is 35.6. The lowest BCUT2D eigenvalue weighted by Gasteiger charge is -2.45. The Labute approximate surface area is 313 Å². The van der Waals surface area contributed by atoms with E-state index < -0.39 is 21.6 Å². The summed E-state index contributed by atoms with van der Waals surface area (Å²) in [6, 6.07) is 31.2. The van der Waals surface area contributed by atoms with E-state index in [-0.39, 0.29) is 31.3 Å². The van der Waals surface area contributed by atoms with Crippen LogP contribution in [0.5, 0.6) is 0 Å². The van der Waals surface area contributed by atoms with E-state index in [0.29, 0.717) is 24.4 Å². The Morgan fingerprint density at radius 2 is 1.54 bits per heavy atom. The molecule has 2 fully saturated rings. The average molecular weight is 759 g/mol. The predicted molar refractivity (Wildman–Crippen MR) is 198 cm³/mol. The number of carbonyl (C=O) groups excluding carboxylic acids is 1. The van der Waals surface area contributed by atoms with Gasteiger partial charge in [0.05, 0.1) is 24.4 Å². The quantitative estimate of drug-likeness (QED) is 0.149. The molecular weight excluding hydrogens is 718 g/mol. The van der Waals surface area contributed by atoms with E-state index in [1.54, 1.807) is 0 Å². The second kappa shape index (κ2) is 15.9. The first-order valence-electron chi connectivity index (χ1n) is 16.7. The molecule has 1 amide bonds. The van der Waals surface area contributed by atoms with Gasteiger partial charge in [-0.2, -0.15) is 0 Å².